The lowest BCUT2D eigenvalue weighted by Crippen LogP contribution is -2.34. The Morgan fingerprint density at radius 3 is 2.21 bits per heavy atom. The smallest absolute Gasteiger partial charge is 0.485 e. The van der Waals surface area contributed by atoms with Gasteiger partial charge in [-0.05, 0) is 12.1 Å². The number of halogens is 3. The third-order valence-corrected chi connectivity index (χ3v) is 4.76. The Morgan fingerprint density at radius 1 is 1.11 bits per heavy atom. The Bertz CT molecular complexity index is 1390. The summed E-state index contributed by atoms with van der Waals surface area (Å²) >= 11 is 0. The van der Waals surface area contributed by atoms with E-state index in [-0.39, 0.29) is 0 Å². The molecule has 0 atom stereocenters. The summed E-state index contributed by atoms with van der Waals surface area (Å²) in [6.07, 6.45) is 1.64. The van der Waals surface area contributed by atoms with Crippen LogP contribution in [0.1, 0.15) is 0 Å². The molecule has 6 nitrogen and oxygen atoms in total. The summed E-state index contributed by atoms with van der Waals surface area (Å²) in [4.78, 5) is 0. The van der Waals surface area contributed by atoms with Crippen LogP contribution in [0.25, 0.3) is 33.4 Å². The molecule has 0 aliphatic carbocycles. The van der Waals surface area contributed by atoms with Crippen molar-refractivity contribution in [3.05, 3.63) is 53.7 Å². The minimum absolute atomic E-state index is 1.000. The molecule has 4 aromatic rings. The van der Waals surface area contributed by atoms with Crippen LogP contribution in [-0.4, -0.2) is 23.0 Å². The van der Waals surface area contributed by atoms with Crippen LogP contribution in [-0.2, 0) is 17.2 Å². The van der Waals surface area contributed by atoms with Crippen LogP contribution >= 0.6 is 0 Å². The van der Waals surface area contributed by atoms with E-state index in [0.717, 1.165) is 21.6 Å². The van der Waals surface area contributed by atoms with E-state index < -0.39 is 15.6 Å². The van der Waals surface area contributed by atoms with Gasteiger partial charge in [0.1, 0.15) is 11.0 Å². The molecule has 0 fully saturated rings. The molecule has 2 aromatic heterocycles. The van der Waals surface area contributed by atoms with E-state index >= 15 is 0 Å². The fourth-order valence-electron chi connectivity index (χ4n) is 3.09. The molecule has 0 saturated carbocycles. The number of nitriles is 1. The van der Waals surface area contributed by atoms with Gasteiger partial charge in [-0.3, -0.25) is 0 Å². The molecule has 0 aliphatic heterocycles. The highest BCUT2D eigenvalue weighted by Crippen LogP contribution is 2.21. The van der Waals surface area contributed by atoms with Crippen molar-refractivity contribution >= 4 is 43.5 Å². The molecule has 0 N–H and O–H groups in total. The second kappa shape index (κ2) is 6.78. The molecular weight excluding hydrogens is 395 g/mol. The first kappa shape index (κ1) is 19.6. The lowest BCUT2D eigenvalue weighted by molar-refractivity contribution is -0.711. The van der Waals surface area contributed by atoms with Crippen molar-refractivity contribution in [2.24, 2.45) is 7.05 Å². The van der Waals surface area contributed by atoms with Crippen molar-refractivity contribution in [3.63, 3.8) is 0 Å². The van der Waals surface area contributed by atoms with Crippen LogP contribution in [0.5, 0.6) is 0 Å². The van der Waals surface area contributed by atoms with Gasteiger partial charge in [-0.2, -0.15) is 18.4 Å². The number of nitrogens with zero attached hydrogens (tertiary/aromatic N) is 3. The number of aromatic nitrogens is 2. The van der Waals surface area contributed by atoms with Crippen LogP contribution in [0.4, 0.5) is 13.2 Å². The van der Waals surface area contributed by atoms with Gasteiger partial charge in [-0.1, -0.05) is 30.3 Å². The number of para-hydroxylation sites is 2. The maximum Gasteiger partial charge on any atom is 0.485 e. The van der Waals surface area contributed by atoms with E-state index in [9.17, 15) is 13.2 Å². The van der Waals surface area contributed by atoms with Gasteiger partial charge in [0.05, 0.1) is 11.5 Å². The Kier molecular flexibility index (Phi) is 4.74. The Balaban J connectivity index is 0.000000242. The molecule has 0 saturated heterocycles. The fourth-order valence-corrected chi connectivity index (χ4v) is 3.09. The van der Waals surface area contributed by atoms with Crippen molar-refractivity contribution < 1.29 is 30.8 Å². The molecule has 10 heteroatoms. The van der Waals surface area contributed by atoms with Gasteiger partial charge in [0.25, 0.3) is 0 Å². The Labute approximate surface area is 157 Å². The first-order valence-electron chi connectivity index (χ1n) is 7.79. The molecule has 0 radical (unpaired) electrons. The van der Waals surface area contributed by atoms with Gasteiger partial charge < -0.3 is 4.55 Å². The van der Waals surface area contributed by atoms with Gasteiger partial charge in [0, 0.05) is 22.7 Å². The fraction of sp³-hybridized carbons (Fsp3) is 0.111. The lowest BCUT2D eigenvalue weighted by atomic mass is 10.1. The van der Waals surface area contributed by atoms with Crippen molar-refractivity contribution in [1.82, 2.24) is 4.52 Å². The van der Waals surface area contributed by atoms with Gasteiger partial charge in [-0.25, -0.2) is 8.42 Å². The minimum Gasteiger partial charge on any atom is -0.741 e. The van der Waals surface area contributed by atoms with Crippen molar-refractivity contribution in [2.75, 3.05) is 0 Å². The monoisotopic (exact) mass is 407 g/mol. The van der Waals surface area contributed by atoms with Crippen LogP contribution in [0.2, 0.25) is 0 Å². The summed E-state index contributed by atoms with van der Waals surface area (Å²) in [5, 5.41) is 12.4. The molecule has 0 bridgehead atoms. The lowest BCUT2D eigenvalue weighted by Gasteiger charge is -2.08. The largest absolute Gasteiger partial charge is 0.741 e. The standard InChI is InChI=1S/C17H12N3.CHF3O3S/c1-19-15-8-4-3-7-14(15)17-13(10-11-18)12-6-2-5-9-16(12)20(17)19;2-1(3,4)8(5,6)7/h2-10H,1H3;(H,5,6,7)/q+1;/p-1/b13-10-;. The Morgan fingerprint density at radius 2 is 1.64 bits per heavy atom. The number of benzene rings is 2. The average molecular weight is 407 g/mol. The molecule has 0 aliphatic rings. The highest BCUT2D eigenvalue weighted by atomic mass is 32.2. The predicted molar refractivity (Wildman–Crippen MR) is 94.6 cm³/mol. The third-order valence-electron chi connectivity index (χ3n) is 4.19. The van der Waals surface area contributed by atoms with Crippen LogP contribution in [0.3, 0.4) is 0 Å². The second-order valence-electron chi connectivity index (χ2n) is 5.81. The number of rotatable bonds is 0. The van der Waals surface area contributed by atoms with E-state index in [2.05, 4.69) is 46.6 Å². The summed E-state index contributed by atoms with van der Waals surface area (Å²) in [5.74, 6) is 0. The van der Waals surface area contributed by atoms with Crippen molar-refractivity contribution in [2.45, 2.75) is 5.51 Å². The maximum atomic E-state index is 10.7. The zero-order chi connectivity index (χ0) is 20.7. The van der Waals surface area contributed by atoms with Gasteiger partial charge in [0.15, 0.2) is 17.2 Å². The number of fused-ring (bicyclic) bond motifs is 5. The van der Waals surface area contributed by atoms with Gasteiger partial charge in [-0.15, -0.1) is 9.20 Å². The van der Waals surface area contributed by atoms with Crippen LogP contribution in [0.15, 0.2) is 48.5 Å². The SMILES string of the molecule is C[n+]1c2ccccc2c2/c(=C\C#N)c3ccccc3n21.O=S(=O)([O-])C(F)(F)F. The zero-order valence-electron chi connectivity index (χ0n) is 14.3. The summed E-state index contributed by atoms with van der Waals surface area (Å²) in [7, 11) is -4.04. The van der Waals surface area contributed by atoms with E-state index in [1.807, 2.05) is 24.3 Å². The first-order chi connectivity index (χ1) is 13.1. The summed E-state index contributed by atoms with van der Waals surface area (Å²) in [6.45, 7) is 0. The molecule has 28 heavy (non-hydrogen) atoms. The van der Waals surface area contributed by atoms with E-state index in [0.29, 0.717) is 0 Å². The van der Waals surface area contributed by atoms with Crippen LogP contribution < -0.4 is 9.90 Å². The summed E-state index contributed by atoms with van der Waals surface area (Å²) in [6, 6.07) is 18.7. The highest BCUT2D eigenvalue weighted by molar-refractivity contribution is 7.86. The number of alkyl halides is 3. The molecule has 0 amide bonds. The molecule has 4 rings (SSSR count). The second-order valence-corrected chi connectivity index (χ2v) is 7.18. The highest BCUT2D eigenvalue weighted by Gasteiger charge is 2.36. The van der Waals surface area contributed by atoms with Gasteiger partial charge in [0.2, 0.25) is 5.52 Å². The zero-order valence-corrected chi connectivity index (χ0v) is 15.1. The minimum atomic E-state index is -6.09. The first-order valence-corrected chi connectivity index (χ1v) is 9.20. The van der Waals surface area contributed by atoms with Crippen molar-refractivity contribution in [1.29, 1.82) is 5.26 Å². The average Bonchev–Trinajstić information content (AvgIpc) is 3.09. The number of hydrogen-bond donors (Lipinski definition) is 0. The van der Waals surface area contributed by atoms with E-state index in [1.165, 1.54) is 10.9 Å². The summed E-state index contributed by atoms with van der Waals surface area (Å²) < 4.78 is 63.2. The molecule has 2 heterocycles. The van der Waals surface area contributed by atoms with Crippen molar-refractivity contribution in [3.8, 4) is 6.07 Å². The quantitative estimate of drug-likeness (QED) is 0.254. The normalized spacial score (nSPS) is 12.9. The molecule has 0 unspecified atom stereocenters. The molecule has 144 valence electrons. The molecule has 0 spiro atoms. The third kappa shape index (κ3) is 3.15. The summed E-state index contributed by atoms with van der Waals surface area (Å²) in [5.41, 5.74) is -2.25. The molecule has 2 aromatic carbocycles. The number of aryl methyl sites for hydroxylation is 1. The van der Waals surface area contributed by atoms with E-state index in [1.54, 1.807) is 6.08 Å². The molecular formula is C18H12F3N3O3S. The number of hydrogen-bond acceptors (Lipinski definition) is 4. The topological polar surface area (TPSA) is 89.3 Å². The Hall–Kier alpha value is -3.16. The maximum absolute atomic E-state index is 10.7. The predicted octanol–water partition coefficient (Wildman–Crippen LogP) is 2.14. The van der Waals surface area contributed by atoms with E-state index in [4.69, 9.17) is 18.2 Å². The van der Waals surface area contributed by atoms with Gasteiger partial charge >= 0.3 is 5.51 Å². The van der Waals surface area contributed by atoms with Crippen LogP contribution in [0, 0.1) is 11.3 Å².